The summed E-state index contributed by atoms with van der Waals surface area (Å²) >= 11 is 0. The van der Waals surface area contributed by atoms with Gasteiger partial charge in [-0.05, 0) is 38.0 Å². The molecule has 0 aliphatic carbocycles. The molecule has 5 nitrogen and oxygen atoms in total. The Kier molecular flexibility index (Phi) is 5.44. The van der Waals surface area contributed by atoms with Crippen molar-refractivity contribution in [3.8, 4) is 0 Å². The summed E-state index contributed by atoms with van der Waals surface area (Å²) in [6, 6.07) is 0. The van der Waals surface area contributed by atoms with Gasteiger partial charge in [0.05, 0.1) is 5.92 Å². The molecule has 18 heavy (non-hydrogen) atoms. The van der Waals surface area contributed by atoms with E-state index in [1.165, 1.54) is 6.42 Å². The molecule has 2 unspecified atom stereocenters. The second-order valence-corrected chi connectivity index (χ2v) is 5.51. The molecule has 0 saturated carbocycles. The maximum Gasteiger partial charge on any atom is 0.233 e. The zero-order valence-corrected chi connectivity index (χ0v) is 11.6. The minimum atomic E-state index is -0.536. The Labute approximate surface area is 109 Å². The number of carbonyl (C=O) groups excluding carboxylic acids is 1. The van der Waals surface area contributed by atoms with Crippen molar-refractivity contribution in [2.24, 2.45) is 28.6 Å². The molecule has 1 fully saturated rings. The van der Waals surface area contributed by atoms with Crippen molar-refractivity contribution in [2.75, 3.05) is 13.1 Å². The third-order valence-corrected chi connectivity index (χ3v) is 3.96. The predicted molar refractivity (Wildman–Crippen MR) is 71.3 cm³/mol. The Morgan fingerprint density at radius 2 is 2.00 bits per heavy atom. The number of nitrogens with zero attached hydrogens (tertiary/aromatic N) is 2. The number of oxime groups is 1. The van der Waals surface area contributed by atoms with Gasteiger partial charge in [-0.15, -0.1) is 0 Å². The van der Waals surface area contributed by atoms with Crippen molar-refractivity contribution in [2.45, 2.75) is 40.0 Å². The van der Waals surface area contributed by atoms with Gasteiger partial charge in [0.1, 0.15) is 0 Å². The lowest BCUT2D eigenvalue weighted by molar-refractivity contribution is -0.133. The second kappa shape index (κ2) is 6.61. The SMILES string of the molecule is CC(C(=O)N1CCCC(C(C)C)CC1)C(N)=NO. The first-order valence-electron chi connectivity index (χ1n) is 6.73. The summed E-state index contributed by atoms with van der Waals surface area (Å²) in [5, 5.41) is 11.5. The number of nitrogens with two attached hydrogens (primary N) is 1. The number of rotatable bonds is 3. The highest BCUT2D eigenvalue weighted by Gasteiger charge is 2.27. The highest BCUT2D eigenvalue weighted by Crippen LogP contribution is 2.25. The zero-order valence-electron chi connectivity index (χ0n) is 11.6. The van der Waals surface area contributed by atoms with E-state index in [1.54, 1.807) is 6.92 Å². The van der Waals surface area contributed by atoms with Gasteiger partial charge in [-0.3, -0.25) is 4.79 Å². The predicted octanol–water partition coefficient (Wildman–Crippen LogP) is 1.65. The van der Waals surface area contributed by atoms with Crippen LogP contribution in [0, 0.1) is 17.8 Å². The lowest BCUT2D eigenvalue weighted by Gasteiger charge is -2.24. The average molecular weight is 255 g/mol. The smallest absolute Gasteiger partial charge is 0.233 e. The zero-order chi connectivity index (χ0) is 13.7. The fraction of sp³-hybridized carbons (Fsp3) is 0.846. The van der Waals surface area contributed by atoms with E-state index in [-0.39, 0.29) is 11.7 Å². The van der Waals surface area contributed by atoms with Crippen molar-refractivity contribution in [1.82, 2.24) is 4.90 Å². The summed E-state index contributed by atoms with van der Waals surface area (Å²) in [4.78, 5) is 14.0. The molecule has 0 aromatic carbocycles. The maximum atomic E-state index is 12.2. The summed E-state index contributed by atoms with van der Waals surface area (Å²) in [6.07, 6.45) is 3.27. The van der Waals surface area contributed by atoms with Gasteiger partial charge in [0.25, 0.3) is 0 Å². The number of likely N-dealkylation sites (tertiary alicyclic amines) is 1. The monoisotopic (exact) mass is 255 g/mol. The molecule has 0 spiro atoms. The van der Waals surface area contributed by atoms with Gasteiger partial charge in [-0.25, -0.2) is 0 Å². The Hall–Kier alpha value is -1.26. The van der Waals surface area contributed by atoms with E-state index >= 15 is 0 Å². The van der Waals surface area contributed by atoms with Crippen LogP contribution < -0.4 is 5.73 Å². The molecule has 2 atom stereocenters. The number of hydrogen-bond donors (Lipinski definition) is 2. The summed E-state index contributed by atoms with van der Waals surface area (Å²) < 4.78 is 0. The fourth-order valence-electron chi connectivity index (χ4n) is 2.50. The van der Waals surface area contributed by atoms with Gasteiger partial charge in [-0.2, -0.15) is 0 Å². The second-order valence-electron chi connectivity index (χ2n) is 5.51. The van der Waals surface area contributed by atoms with Crippen LogP contribution in [0.4, 0.5) is 0 Å². The lowest BCUT2D eigenvalue weighted by atomic mass is 9.89. The Balaban J connectivity index is 2.60. The van der Waals surface area contributed by atoms with Crippen molar-refractivity contribution in [3.05, 3.63) is 0 Å². The van der Waals surface area contributed by atoms with E-state index in [2.05, 4.69) is 19.0 Å². The molecular formula is C13H25N3O2. The average Bonchev–Trinajstić information content (AvgIpc) is 2.61. The molecule has 1 rings (SSSR count). The quantitative estimate of drug-likeness (QED) is 0.348. The van der Waals surface area contributed by atoms with Gasteiger partial charge in [0.2, 0.25) is 5.91 Å². The van der Waals surface area contributed by atoms with Crippen LogP contribution in [0.3, 0.4) is 0 Å². The number of amides is 1. The summed E-state index contributed by atoms with van der Waals surface area (Å²) in [5.41, 5.74) is 5.49. The highest BCUT2D eigenvalue weighted by atomic mass is 16.4. The molecule has 1 aliphatic heterocycles. The topological polar surface area (TPSA) is 78.9 Å². The Morgan fingerprint density at radius 3 is 2.56 bits per heavy atom. The first-order valence-corrected chi connectivity index (χ1v) is 6.73. The van der Waals surface area contributed by atoms with E-state index in [9.17, 15) is 4.79 Å². The molecule has 5 heteroatoms. The normalized spacial score (nSPS) is 23.9. The fourth-order valence-corrected chi connectivity index (χ4v) is 2.50. The molecule has 0 aromatic heterocycles. The molecule has 1 heterocycles. The van der Waals surface area contributed by atoms with Crippen LogP contribution in [0.25, 0.3) is 0 Å². The number of carbonyl (C=O) groups is 1. The number of hydrogen-bond acceptors (Lipinski definition) is 3. The first-order chi connectivity index (χ1) is 8.47. The maximum absolute atomic E-state index is 12.2. The molecule has 0 bridgehead atoms. The lowest BCUT2D eigenvalue weighted by Crippen LogP contribution is -2.41. The minimum Gasteiger partial charge on any atom is -0.409 e. The van der Waals surface area contributed by atoms with Gasteiger partial charge in [0, 0.05) is 13.1 Å². The molecule has 3 N–H and O–H groups in total. The molecule has 0 aromatic rings. The van der Waals surface area contributed by atoms with Crippen molar-refractivity contribution >= 4 is 11.7 Å². The Bertz CT molecular complexity index is 315. The van der Waals surface area contributed by atoms with Crippen LogP contribution in [0.2, 0.25) is 0 Å². The van der Waals surface area contributed by atoms with Crippen LogP contribution in [0.15, 0.2) is 5.16 Å². The van der Waals surface area contributed by atoms with Crippen molar-refractivity contribution in [1.29, 1.82) is 0 Å². The first kappa shape index (κ1) is 14.8. The molecule has 104 valence electrons. The third-order valence-electron chi connectivity index (χ3n) is 3.96. The van der Waals surface area contributed by atoms with Crippen molar-refractivity contribution in [3.63, 3.8) is 0 Å². The molecule has 1 amide bonds. The van der Waals surface area contributed by atoms with Crippen LogP contribution in [0.1, 0.15) is 40.0 Å². The van der Waals surface area contributed by atoms with E-state index in [0.717, 1.165) is 25.9 Å². The number of amidine groups is 1. The minimum absolute atomic E-state index is 0.00958. The van der Waals surface area contributed by atoms with Gasteiger partial charge < -0.3 is 15.8 Å². The molecular weight excluding hydrogens is 230 g/mol. The van der Waals surface area contributed by atoms with E-state index in [1.807, 2.05) is 4.90 Å². The van der Waals surface area contributed by atoms with Gasteiger partial charge in [-0.1, -0.05) is 19.0 Å². The van der Waals surface area contributed by atoms with Crippen LogP contribution >= 0.6 is 0 Å². The molecule has 1 saturated heterocycles. The van der Waals surface area contributed by atoms with Crippen LogP contribution in [0.5, 0.6) is 0 Å². The van der Waals surface area contributed by atoms with Crippen molar-refractivity contribution < 1.29 is 10.0 Å². The van der Waals surface area contributed by atoms with E-state index in [0.29, 0.717) is 11.8 Å². The van der Waals surface area contributed by atoms with E-state index in [4.69, 9.17) is 10.9 Å². The largest absolute Gasteiger partial charge is 0.409 e. The van der Waals surface area contributed by atoms with Crippen LogP contribution in [-0.2, 0) is 4.79 Å². The summed E-state index contributed by atoms with van der Waals surface area (Å²) in [7, 11) is 0. The standard InChI is InChI=1S/C13H25N3O2/c1-9(2)11-5-4-7-16(8-6-11)13(17)10(3)12(14)15-18/h9-11,18H,4-8H2,1-3H3,(H2,14,15). The summed E-state index contributed by atoms with van der Waals surface area (Å²) in [5.74, 6) is 0.786. The molecule has 0 radical (unpaired) electrons. The van der Waals surface area contributed by atoms with Gasteiger partial charge >= 0.3 is 0 Å². The van der Waals surface area contributed by atoms with Gasteiger partial charge in [0.15, 0.2) is 5.84 Å². The van der Waals surface area contributed by atoms with Crippen LogP contribution in [-0.4, -0.2) is 34.9 Å². The summed E-state index contributed by atoms with van der Waals surface area (Å²) in [6.45, 7) is 7.72. The highest BCUT2D eigenvalue weighted by molar-refractivity contribution is 6.01. The van der Waals surface area contributed by atoms with E-state index < -0.39 is 5.92 Å². The Morgan fingerprint density at radius 1 is 1.33 bits per heavy atom. The third kappa shape index (κ3) is 3.62. The molecule has 1 aliphatic rings.